The van der Waals surface area contributed by atoms with Crippen LogP contribution >= 0.6 is 12.7 Å². The summed E-state index contributed by atoms with van der Waals surface area (Å²) >= 11 is -0.874. The first-order valence-electron chi connectivity index (χ1n) is 0.597. The van der Waals surface area contributed by atoms with Gasteiger partial charge in [-0.05, 0) is 0 Å². The van der Waals surface area contributed by atoms with Crippen molar-refractivity contribution in [2.24, 2.45) is 0 Å². The molecular formula is H4BrNO2Sn. The van der Waals surface area contributed by atoms with Crippen molar-refractivity contribution in [3.8, 4) is 0 Å². The van der Waals surface area contributed by atoms with Crippen LogP contribution in [-0.4, -0.2) is 17.9 Å². The topological polar surface area (TPSA) is 76.6 Å². The van der Waals surface area contributed by atoms with Crippen molar-refractivity contribution in [2.75, 3.05) is 0 Å². The third-order valence-corrected chi connectivity index (χ3v) is 0. The summed E-state index contributed by atoms with van der Waals surface area (Å²) < 4.78 is 18.2. The van der Waals surface area contributed by atoms with E-state index >= 15 is 0 Å². The molecule has 0 amide bonds. The zero-order chi connectivity index (χ0) is 3.58. The summed E-state index contributed by atoms with van der Waals surface area (Å²) in [5, 5.41) is 0. The molecule has 0 radical (unpaired) electrons. The fourth-order valence-corrected chi connectivity index (χ4v) is 0. The van der Waals surface area contributed by atoms with Gasteiger partial charge in [0.2, 0.25) is 0 Å². The first-order chi connectivity index (χ1) is 1.73. The van der Waals surface area contributed by atoms with E-state index in [1.165, 1.54) is 0 Å². The van der Waals surface area contributed by atoms with Gasteiger partial charge in [0.1, 0.15) is 0 Å². The van der Waals surface area contributed by atoms with Crippen molar-refractivity contribution in [3.05, 3.63) is 0 Å². The molecule has 0 rings (SSSR count). The zero-order valence-corrected chi connectivity index (χ0v) is 7.13. The van der Waals surface area contributed by atoms with Gasteiger partial charge in [-0.2, -0.15) is 0 Å². The number of hydrogen-bond acceptors (Lipinski definition) is 2. The van der Waals surface area contributed by atoms with Crippen molar-refractivity contribution < 1.29 is 6.52 Å². The van der Waals surface area contributed by atoms with Gasteiger partial charge in [0, 0.05) is 0 Å². The van der Waals surface area contributed by atoms with Crippen molar-refractivity contribution in [1.29, 1.82) is 0 Å². The Bertz CT molecular complexity index is 32.6. The molecule has 0 aromatic carbocycles. The van der Waals surface area contributed by atoms with Crippen LogP contribution in [0.3, 0.4) is 0 Å². The van der Waals surface area contributed by atoms with Gasteiger partial charge < -0.3 is 6.15 Å². The van der Waals surface area contributed by atoms with E-state index in [0.29, 0.717) is 0 Å². The summed E-state index contributed by atoms with van der Waals surface area (Å²) in [5.41, 5.74) is 0. The van der Waals surface area contributed by atoms with E-state index in [9.17, 15) is 0 Å². The average molecular weight is 249 g/mol. The first kappa shape index (κ1) is 9.37. The van der Waals surface area contributed by atoms with Gasteiger partial charge in [-0.25, -0.2) is 0 Å². The molecule has 0 aromatic heterocycles. The van der Waals surface area contributed by atoms with Crippen LogP contribution in [0.25, 0.3) is 0 Å². The molecule has 32 valence electrons. The standard InChI is InChI=1S/BrH.H3N.2O.Sn/h1H;1H3;;;/q;;;-1;+1. The van der Waals surface area contributed by atoms with Crippen LogP contribution < -0.4 is 9.59 Å². The van der Waals surface area contributed by atoms with Gasteiger partial charge in [0.15, 0.2) is 0 Å². The summed E-state index contributed by atoms with van der Waals surface area (Å²) in [6.45, 7) is 0. The van der Waals surface area contributed by atoms with E-state index in [1.54, 1.807) is 0 Å². The van der Waals surface area contributed by atoms with Gasteiger partial charge in [-0.1, -0.05) is 0 Å². The minimum absolute atomic E-state index is 0. The molecule has 0 spiro atoms. The second-order valence-corrected chi connectivity index (χ2v) is 5.94. The molecule has 4 N–H and O–H groups in total. The summed E-state index contributed by atoms with van der Waals surface area (Å²) in [6, 6.07) is 0. The molecule has 0 aliphatic heterocycles. The molecule has 0 aromatic rings. The molecular weight excluding hydrogens is 245 g/mol. The normalized spacial score (nSPS) is 5.20. The third-order valence-electron chi connectivity index (χ3n) is 0. The molecule has 0 saturated heterocycles. The number of rotatable bonds is 0. The van der Waals surface area contributed by atoms with Gasteiger partial charge in [-0.15, -0.1) is 0 Å². The van der Waals surface area contributed by atoms with E-state index in [0.717, 1.165) is 0 Å². The monoisotopic (exact) mass is 249 g/mol. The molecule has 0 fully saturated rings. The Balaban J connectivity index is 0. The molecule has 0 saturated carbocycles. The van der Waals surface area contributed by atoms with Crippen LogP contribution in [0, 0.1) is 0 Å². The number of halogens is 1. The fraction of sp³-hybridized carbons (Fsp3) is 0. The van der Waals surface area contributed by atoms with E-state index < -0.39 is 17.9 Å². The molecule has 5 heavy (non-hydrogen) atoms. The Morgan fingerprint density at radius 3 is 1.80 bits per heavy atom. The van der Waals surface area contributed by atoms with Gasteiger partial charge >= 0.3 is 37.2 Å². The summed E-state index contributed by atoms with van der Waals surface area (Å²) in [5.74, 6) is 0. The third kappa shape index (κ3) is 45.1. The second-order valence-electron chi connectivity index (χ2n) is 0.238. The van der Waals surface area contributed by atoms with E-state index in [-0.39, 0.29) is 6.15 Å². The van der Waals surface area contributed by atoms with Crippen LogP contribution in [0.4, 0.5) is 0 Å². The molecule has 0 aliphatic rings. The van der Waals surface area contributed by atoms with Crippen molar-refractivity contribution in [2.45, 2.75) is 0 Å². The number of hydrogen-bond donors (Lipinski definition) is 1. The maximum atomic E-state index is 9.09. The van der Waals surface area contributed by atoms with Crippen molar-refractivity contribution in [3.63, 3.8) is 0 Å². The van der Waals surface area contributed by atoms with Crippen LogP contribution in [0.2, 0.25) is 0 Å². The molecule has 0 heterocycles. The van der Waals surface area contributed by atoms with E-state index in [2.05, 4.69) is 12.7 Å². The fourth-order valence-electron chi connectivity index (χ4n) is 0. The SMILES string of the molecule is [NH4+].[O]=[Sn]([O-])[Br]. The zero-order valence-electron chi connectivity index (χ0n) is 2.69. The van der Waals surface area contributed by atoms with Crippen LogP contribution in [0.5, 0.6) is 0 Å². The molecule has 0 aliphatic carbocycles. The molecule has 0 bridgehead atoms. The summed E-state index contributed by atoms with van der Waals surface area (Å²) in [4.78, 5) is 0. The Morgan fingerprint density at radius 1 is 1.80 bits per heavy atom. The van der Waals surface area contributed by atoms with Crippen LogP contribution in [0.1, 0.15) is 0 Å². The van der Waals surface area contributed by atoms with Crippen LogP contribution in [-0.2, 0) is 3.08 Å². The minimum atomic E-state index is -3.23. The Hall–Kier alpha value is 0.999. The van der Waals surface area contributed by atoms with Gasteiger partial charge in [0.25, 0.3) is 0 Å². The average Bonchev–Trinajstić information content (AvgIpc) is 0.811. The predicted octanol–water partition coefficient (Wildman–Crippen LogP) is -0.467. The van der Waals surface area contributed by atoms with Crippen molar-refractivity contribution >= 4 is 30.6 Å². The van der Waals surface area contributed by atoms with Gasteiger partial charge in [0.05, 0.1) is 0 Å². The van der Waals surface area contributed by atoms with E-state index in [1.807, 2.05) is 0 Å². The van der Waals surface area contributed by atoms with Crippen molar-refractivity contribution in [1.82, 2.24) is 6.15 Å². The molecule has 3 nitrogen and oxygen atoms in total. The Morgan fingerprint density at radius 2 is 1.80 bits per heavy atom. The predicted molar refractivity (Wildman–Crippen MR) is 21.4 cm³/mol. The molecule has 5 heteroatoms. The summed E-state index contributed by atoms with van der Waals surface area (Å²) in [7, 11) is 0. The Labute approximate surface area is 43.4 Å². The van der Waals surface area contributed by atoms with E-state index in [4.69, 9.17) is 6.52 Å². The van der Waals surface area contributed by atoms with Gasteiger partial charge in [-0.3, -0.25) is 0 Å². The molecule has 0 atom stereocenters. The first-order valence-corrected chi connectivity index (χ1v) is 9.33. The second kappa shape index (κ2) is 5.00. The summed E-state index contributed by atoms with van der Waals surface area (Å²) in [6.07, 6.45) is 0. The molecule has 0 unspecified atom stereocenters. The number of quaternary nitrogens is 1. The Kier molecular flexibility index (Phi) is 9.37. The van der Waals surface area contributed by atoms with Crippen LogP contribution in [0.15, 0.2) is 0 Å². The quantitative estimate of drug-likeness (QED) is 0.589. The maximum absolute atomic E-state index is 9.09.